The summed E-state index contributed by atoms with van der Waals surface area (Å²) in [4.78, 5) is 15.0. The molecule has 0 bridgehead atoms. The lowest BCUT2D eigenvalue weighted by Gasteiger charge is -2.06. The van der Waals surface area contributed by atoms with Crippen LogP contribution in [0.15, 0.2) is 23.6 Å². The molecule has 0 spiro atoms. The average Bonchev–Trinajstić information content (AvgIpc) is 2.76. The van der Waals surface area contributed by atoms with E-state index in [0.717, 1.165) is 21.9 Å². The standard InChI is InChI=1S/C13H13NO3S/c1-8-3-4-11(17-2)10(5-8)13-14-9(7-18-13)6-12(15)16/h3-5,7H,6H2,1-2H3,(H,15,16). The maximum Gasteiger partial charge on any atom is 0.309 e. The van der Waals surface area contributed by atoms with Gasteiger partial charge < -0.3 is 9.84 Å². The van der Waals surface area contributed by atoms with E-state index in [2.05, 4.69) is 4.98 Å². The molecule has 5 heteroatoms. The van der Waals surface area contributed by atoms with Crippen LogP contribution in [-0.4, -0.2) is 23.2 Å². The van der Waals surface area contributed by atoms with Crippen molar-refractivity contribution >= 4 is 17.3 Å². The van der Waals surface area contributed by atoms with Crippen LogP contribution in [0, 0.1) is 6.92 Å². The van der Waals surface area contributed by atoms with Crippen molar-refractivity contribution in [3.63, 3.8) is 0 Å². The molecule has 1 N–H and O–H groups in total. The van der Waals surface area contributed by atoms with Gasteiger partial charge in [-0.1, -0.05) is 11.6 Å². The van der Waals surface area contributed by atoms with E-state index in [0.29, 0.717) is 5.69 Å². The first-order chi connectivity index (χ1) is 8.60. The summed E-state index contributed by atoms with van der Waals surface area (Å²) in [7, 11) is 1.61. The maximum atomic E-state index is 10.6. The van der Waals surface area contributed by atoms with Crippen molar-refractivity contribution in [1.82, 2.24) is 4.98 Å². The highest BCUT2D eigenvalue weighted by molar-refractivity contribution is 7.13. The average molecular weight is 263 g/mol. The Morgan fingerprint density at radius 1 is 1.50 bits per heavy atom. The molecule has 0 aliphatic heterocycles. The van der Waals surface area contributed by atoms with Crippen LogP contribution in [0.5, 0.6) is 5.75 Å². The predicted octanol–water partition coefficient (Wildman–Crippen LogP) is 2.75. The lowest BCUT2D eigenvalue weighted by Crippen LogP contribution is -2.00. The van der Waals surface area contributed by atoms with Crippen LogP contribution in [0.1, 0.15) is 11.3 Å². The van der Waals surface area contributed by atoms with Gasteiger partial charge in [0.25, 0.3) is 0 Å². The minimum absolute atomic E-state index is 0.0510. The fourth-order valence-electron chi connectivity index (χ4n) is 1.66. The Labute approximate surface area is 109 Å². The number of aryl methyl sites for hydroxylation is 1. The second kappa shape index (κ2) is 5.18. The third kappa shape index (κ3) is 2.68. The van der Waals surface area contributed by atoms with Gasteiger partial charge in [0.05, 0.1) is 24.8 Å². The molecule has 94 valence electrons. The first-order valence-electron chi connectivity index (χ1n) is 5.41. The third-order valence-corrected chi connectivity index (χ3v) is 3.39. The molecular formula is C13H13NO3S. The van der Waals surface area contributed by atoms with E-state index in [1.807, 2.05) is 25.1 Å². The lowest BCUT2D eigenvalue weighted by atomic mass is 10.1. The van der Waals surface area contributed by atoms with Crippen molar-refractivity contribution in [2.24, 2.45) is 0 Å². The number of aromatic nitrogens is 1. The first kappa shape index (κ1) is 12.6. The molecule has 0 aliphatic carbocycles. The minimum atomic E-state index is -0.872. The molecule has 0 fully saturated rings. The number of benzene rings is 1. The van der Waals surface area contributed by atoms with E-state index in [9.17, 15) is 4.79 Å². The third-order valence-electron chi connectivity index (χ3n) is 2.47. The van der Waals surface area contributed by atoms with Gasteiger partial charge in [-0.05, 0) is 19.1 Å². The number of carboxylic acid groups (broad SMARTS) is 1. The highest BCUT2D eigenvalue weighted by atomic mass is 32.1. The number of rotatable bonds is 4. The summed E-state index contributed by atoms with van der Waals surface area (Å²) >= 11 is 1.43. The molecule has 0 atom stereocenters. The van der Waals surface area contributed by atoms with Crippen molar-refractivity contribution in [2.75, 3.05) is 7.11 Å². The topological polar surface area (TPSA) is 59.4 Å². The van der Waals surface area contributed by atoms with Gasteiger partial charge in [-0.2, -0.15) is 0 Å². The molecule has 1 aromatic carbocycles. The second-order valence-corrected chi connectivity index (χ2v) is 4.78. The minimum Gasteiger partial charge on any atom is -0.496 e. The Morgan fingerprint density at radius 3 is 2.94 bits per heavy atom. The molecule has 0 aliphatic rings. The molecule has 18 heavy (non-hydrogen) atoms. The Morgan fingerprint density at radius 2 is 2.28 bits per heavy atom. The number of ether oxygens (including phenoxy) is 1. The summed E-state index contributed by atoms with van der Waals surface area (Å²) in [6.45, 7) is 1.99. The van der Waals surface area contributed by atoms with Crippen molar-refractivity contribution < 1.29 is 14.6 Å². The summed E-state index contributed by atoms with van der Waals surface area (Å²) < 4.78 is 5.30. The van der Waals surface area contributed by atoms with Crippen molar-refractivity contribution in [1.29, 1.82) is 0 Å². The van der Waals surface area contributed by atoms with Crippen molar-refractivity contribution in [3.8, 4) is 16.3 Å². The van der Waals surface area contributed by atoms with E-state index in [4.69, 9.17) is 9.84 Å². The van der Waals surface area contributed by atoms with Gasteiger partial charge in [0.15, 0.2) is 0 Å². The van der Waals surface area contributed by atoms with E-state index >= 15 is 0 Å². The first-order valence-corrected chi connectivity index (χ1v) is 6.29. The van der Waals surface area contributed by atoms with E-state index in [1.54, 1.807) is 12.5 Å². The summed E-state index contributed by atoms with van der Waals surface area (Å²) in [5.74, 6) is -0.125. The van der Waals surface area contributed by atoms with Crippen LogP contribution in [-0.2, 0) is 11.2 Å². The Balaban J connectivity index is 2.38. The van der Waals surface area contributed by atoms with Gasteiger partial charge in [0, 0.05) is 5.38 Å². The molecule has 1 aromatic heterocycles. The van der Waals surface area contributed by atoms with Crippen LogP contribution in [0.25, 0.3) is 10.6 Å². The number of nitrogens with zero attached hydrogens (tertiary/aromatic N) is 1. The number of hydrogen-bond donors (Lipinski definition) is 1. The molecule has 0 radical (unpaired) electrons. The highest BCUT2D eigenvalue weighted by Gasteiger charge is 2.12. The maximum absolute atomic E-state index is 10.6. The highest BCUT2D eigenvalue weighted by Crippen LogP contribution is 2.33. The van der Waals surface area contributed by atoms with Crippen LogP contribution in [0.4, 0.5) is 0 Å². The van der Waals surface area contributed by atoms with E-state index in [1.165, 1.54) is 11.3 Å². The lowest BCUT2D eigenvalue weighted by molar-refractivity contribution is -0.136. The summed E-state index contributed by atoms with van der Waals surface area (Å²) in [5, 5.41) is 11.3. The van der Waals surface area contributed by atoms with Crippen LogP contribution in [0.3, 0.4) is 0 Å². The quantitative estimate of drug-likeness (QED) is 0.921. The number of carboxylic acids is 1. The zero-order valence-electron chi connectivity index (χ0n) is 10.1. The molecular weight excluding hydrogens is 250 g/mol. The van der Waals surface area contributed by atoms with Crippen LogP contribution in [0.2, 0.25) is 0 Å². The number of methoxy groups -OCH3 is 1. The molecule has 0 unspecified atom stereocenters. The van der Waals surface area contributed by atoms with Gasteiger partial charge in [0.1, 0.15) is 10.8 Å². The van der Waals surface area contributed by atoms with Crippen LogP contribution >= 0.6 is 11.3 Å². The molecule has 4 nitrogen and oxygen atoms in total. The Hall–Kier alpha value is -1.88. The smallest absolute Gasteiger partial charge is 0.309 e. The molecule has 0 amide bonds. The summed E-state index contributed by atoms with van der Waals surface area (Å²) in [6, 6.07) is 5.85. The van der Waals surface area contributed by atoms with Crippen molar-refractivity contribution in [3.05, 3.63) is 34.8 Å². The van der Waals surface area contributed by atoms with E-state index in [-0.39, 0.29) is 6.42 Å². The number of aliphatic carboxylic acids is 1. The van der Waals surface area contributed by atoms with Gasteiger partial charge in [-0.3, -0.25) is 4.79 Å². The van der Waals surface area contributed by atoms with Gasteiger partial charge in [-0.25, -0.2) is 4.98 Å². The summed E-state index contributed by atoms with van der Waals surface area (Å²) in [6.07, 6.45) is -0.0510. The van der Waals surface area contributed by atoms with Crippen molar-refractivity contribution in [2.45, 2.75) is 13.3 Å². The van der Waals surface area contributed by atoms with Gasteiger partial charge in [0.2, 0.25) is 0 Å². The predicted molar refractivity (Wildman–Crippen MR) is 70.2 cm³/mol. The van der Waals surface area contributed by atoms with Gasteiger partial charge >= 0.3 is 5.97 Å². The fraction of sp³-hybridized carbons (Fsp3) is 0.231. The molecule has 0 saturated carbocycles. The van der Waals surface area contributed by atoms with Crippen LogP contribution < -0.4 is 4.74 Å². The number of thiazole rings is 1. The molecule has 1 heterocycles. The van der Waals surface area contributed by atoms with E-state index < -0.39 is 5.97 Å². The zero-order valence-corrected chi connectivity index (χ0v) is 11.0. The molecule has 0 saturated heterocycles. The Kier molecular flexibility index (Phi) is 3.62. The number of hydrogen-bond acceptors (Lipinski definition) is 4. The number of carbonyl (C=O) groups is 1. The largest absolute Gasteiger partial charge is 0.496 e. The SMILES string of the molecule is COc1ccc(C)cc1-c1nc(CC(=O)O)cs1. The normalized spacial score (nSPS) is 10.3. The Bertz CT molecular complexity index is 577. The monoisotopic (exact) mass is 263 g/mol. The fourth-order valence-corrected chi connectivity index (χ4v) is 2.50. The second-order valence-electron chi connectivity index (χ2n) is 3.92. The summed E-state index contributed by atoms with van der Waals surface area (Å²) in [5.41, 5.74) is 2.59. The van der Waals surface area contributed by atoms with Gasteiger partial charge in [-0.15, -0.1) is 11.3 Å². The molecule has 2 rings (SSSR count). The molecule has 2 aromatic rings. The zero-order chi connectivity index (χ0) is 13.1.